The highest BCUT2D eigenvalue weighted by Gasteiger charge is 2.17. The van der Waals surface area contributed by atoms with Gasteiger partial charge in [0.2, 0.25) is 0 Å². The van der Waals surface area contributed by atoms with Crippen LogP contribution in [0.25, 0.3) is 0 Å². The molecule has 0 bridgehead atoms. The highest BCUT2D eigenvalue weighted by atomic mass is 15.2. The molecule has 2 heterocycles. The fraction of sp³-hybridized carbons (Fsp3) is 0.545. The minimum Gasteiger partial charge on any atom is -0.397 e. The molecule has 0 radical (unpaired) electrons. The molecule has 0 amide bonds. The van der Waals surface area contributed by atoms with Crippen LogP contribution in [-0.4, -0.2) is 18.1 Å². The maximum atomic E-state index is 5.76. The molecule has 0 aliphatic carbocycles. The maximum absolute atomic E-state index is 5.76. The van der Waals surface area contributed by atoms with Crippen molar-refractivity contribution in [2.24, 2.45) is 5.92 Å². The Kier molecular flexibility index (Phi) is 2.66. The van der Waals surface area contributed by atoms with E-state index in [4.69, 9.17) is 11.5 Å². The Morgan fingerprint density at radius 2 is 1.93 bits per heavy atom. The minimum atomic E-state index is 0.559. The Hall–Kier alpha value is -1.45. The molecule has 1 aromatic rings. The lowest BCUT2D eigenvalue weighted by molar-refractivity contribution is 0.436. The number of aromatic nitrogens is 1. The van der Waals surface area contributed by atoms with Gasteiger partial charge in [-0.3, -0.25) is 0 Å². The van der Waals surface area contributed by atoms with Crippen molar-refractivity contribution >= 4 is 17.2 Å². The van der Waals surface area contributed by atoms with Gasteiger partial charge in [-0.15, -0.1) is 0 Å². The molecule has 1 aliphatic rings. The van der Waals surface area contributed by atoms with Gasteiger partial charge in [-0.2, -0.15) is 0 Å². The maximum Gasteiger partial charge on any atom is 0.130 e. The smallest absolute Gasteiger partial charge is 0.130 e. The minimum absolute atomic E-state index is 0.559. The summed E-state index contributed by atoms with van der Waals surface area (Å²) in [6, 6.07) is 1.87. The molecule has 1 fully saturated rings. The van der Waals surface area contributed by atoms with Crippen molar-refractivity contribution in [3.05, 3.63) is 12.3 Å². The van der Waals surface area contributed by atoms with Crippen LogP contribution in [0.4, 0.5) is 17.2 Å². The van der Waals surface area contributed by atoms with E-state index in [-0.39, 0.29) is 0 Å². The van der Waals surface area contributed by atoms with Crippen molar-refractivity contribution in [2.75, 3.05) is 29.5 Å². The highest BCUT2D eigenvalue weighted by molar-refractivity contribution is 5.66. The number of nitrogens with two attached hydrogens (primary N) is 2. The molecule has 0 atom stereocenters. The number of piperidine rings is 1. The first-order valence-corrected chi connectivity index (χ1v) is 5.43. The summed E-state index contributed by atoms with van der Waals surface area (Å²) in [5.74, 6) is 1.78. The van der Waals surface area contributed by atoms with Crippen LogP contribution in [0.3, 0.4) is 0 Å². The lowest BCUT2D eigenvalue weighted by atomic mass is 9.99. The van der Waals surface area contributed by atoms with Crippen LogP contribution in [0, 0.1) is 5.92 Å². The summed E-state index contributed by atoms with van der Waals surface area (Å²) in [6.45, 7) is 4.43. The summed E-state index contributed by atoms with van der Waals surface area (Å²) >= 11 is 0. The van der Waals surface area contributed by atoms with Gasteiger partial charge < -0.3 is 16.4 Å². The fourth-order valence-electron chi connectivity index (χ4n) is 1.88. The second kappa shape index (κ2) is 3.96. The van der Waals surface area contributed by atoms with Crippen molar-refractivity contribution in [1.82, 2.24) is 4.98 Å². The summed E-state index contributed by atoms with van der Waals surface area (Å²) in [4.78, 5) is 6.58. The summed E-state index contributed by atoms with van der Waals surface area (Å²) in [5, 5.41) is 0. The van der Waals surface area contributed by atoms with E-state index in [2.05, 4.69) is 16.8 Å². The number of hydrogen-bond donors (Lipinski definition) is 2. The van der Waals surface area contributed by atoms with E-state index >= 15 is 0 Å². The molecule has 0 unspecified atom stereocenters. The average molecular weight is 206 g/mol. The topological polar surface area (TPSA) is 68.2 Å². The van der Waals surface area contributed by atoms with Gasteiger partial charge in [0.1, 0.15) is 5.82 Å². The first kappa shape index (κ1) is 10.1. The van der Waals surface area contributed by atoms with Crippen molar-refractivity contribution < 1.29 is 0 Å². The first-order chi connectivity index (χ1) is 7.16. The monoisotopic (exact) mass is 206 g/mol. The predicted molar refractivity (Wildman–Crippen MR) is 63.7 cm³/mol. The van der Waals surface area contributed by atoms with Crippen molar-refractivity contribution in [3.63, 3.8) is 0 Å². The third-order valence-corrected chi connectivity index (χ3v) is 3.06. The van der Waals surface area contributed by atoms with Crippen molar-refractivity contribution in [3.8, 4) is 0 Å². The van der Waals surface area contributed by atoms with E-state index in [0.717, 1.165) is 24.8 Å². The number of hydrogen-bond acceptors (Lipinski definition) is 4. The zero-order chi connectivity index (χ0) is 10.8. The van der Waals surface area contributed by atoms with E-state index in [1.54, 1.807) is 6.20 Å². The van der Waals surface area contributed by atoms with Crippen LogP contribution in [-0.2, 0) is 0 Å². The normalized spacial score (nSPS) is 18.1. The number of anilines is 3. The number of nitrogens with zero attached hydrogens (tertiary/aromatic N) is 2. The van der Waals surface area contributed by atoms with Gasteiger partial charge in [-0.1, -0.05) is 6.92 Å². The van der Waals surface area contributed by atoms with Crippen LogP contribution in [0.2, 0.25) is 0 Å². The van der Waals surface area contributed by atoms with E-state index in [1.165, 1.54) is 12.8 Å². The largest absolute Gasteiger partial charge is 0.397 e. The molecule has 4 heteroatoms. The molecular formula is C11H18N4. The molecule has 4 nitrogen and oxygen atoms in total. The summed E-state index contributed by atoms with van der Waals surface area (Å²) in [7, 11) is 0. The SMILES string of the molecule is CC1CCN(c2cc(N)c(N)cn2)CC1. The lowest BCUT2D eigenvalue weighted by Gasteiger charge is -2.31. The van der Waals surface area contributed by atoms with Gasteiger partial charge in [0.25, 0.3) is 0 Å². The second-order valence-electron chi connectivity index (χ2n) is 4.34. The van der Waals surface area contributed by atoms with Gasteiger partial charge in [-0.25, -0.2) is 4.98 Å². The molecule has 1 aliphatic heterocycles. The molecule has 0 spiro atoms. The fourth-order valence-corrected chi connectivity index (χ4v) is 1.88. The zero-order valence-corrected chi connectivity index (χ0v) is 9.11. The Balaban J connectivity index is 2.12. The Labute approximate surface area is 90.3 Å². The van der Waals surface area contributed by atoms with Gasteiger partial charge in [0, 0.05) is 19.2 Å². The van der Waals surface area contributed by atoms with Crippen molar-refractivity contribution in [2.45, 2.75) is 19.8 Å². The van der Waals surface area contributed by atoms with Crippen LogP contribution in [0.5, 0.6) is 0 Å². The number of nitrogen functional groups attached to an aromatic ring is 2. The second-order valence-corrected chi connectivity index (χ2v) is 4.34. The summed E-state index contributed by atoms with van der Waals surface area (Å²) < 4.78 is 0. The van der Waals surface area contributed by atoms with Crippen LogP contribution >= 0.6 is 0 Å². The molecule has 1 saturated heterocycles. The quantitative estimate of drug-likeness (QED) is 0.730. The van der Waals surface area contributed by atoms with Crippen LogP contribution in [0.15, 0.2) is 12.3 Å². The molecule has 82 valence electrons. The molecular weight excluding hydrogens is 188 g/mol. The molecule has 15 heavy (non-hydrogen) atoms. The molecule has 2 rings (SSSR count). The Morgan fingerprint density at radius 3 is 2.53 bits per heavy atom. The molecule has 4 N–H and O–H groups in total. The van der Waals surface area contributed by atoms with E-state index in [1.807, 2.05) is 6.07 Å². The summed E-state index contributed by atoms with van der Waals surface area (Å²) in [5.41, 5.74) is 12.6. The molecule has 1 aromatic heterocycles. The van der Waals surface area contributed by atoms with E-state index in [0.29, 0.717) is 11.4 Å². The van der Waals surface area contributed by atoms with Gasteiger partial charge in [0.05, 0.1) is 17.6 Å². The lowest BCUT2D eigenvalue weighted by Crippen LogP contribution is -2.33. The van der Waals surface area contributed by atoms with E-state index < -0.39 is 0 Å². The number of rotatable bonds is 1. The first-order valence-electron chi connectivity index (χ1n) is 5.43. The summed E-state index contributed by atoms with van der Waals surface area (Å²) in [6.07, 6.45) is 4.10. The van der Waals surface area contributed by atoms with Crippen molar-refractivity contribution in [1.29, 1.82) is 0 Å². The van der Waals surface area contributed by atoms with Gasteiger partial charge >= 0.3 is 0 Å². The Morgan fingerprint density at radius 1 is 1.27 bits per heavy atom. The van der Waals surface area contributed by atoms with E-state index in [9.17, 15) is 0 Å². The van der Waals surface area contributed by atoms with Gasteiger partial charge in [0.15, 0.2) is 0 Å². The van der Waals surface area contributed by atoms with Crippen LogP contribution < -0.4 is 16.4 Å². The average Bonchev–Trinajstić information content (AvgIpc) is 2.23. The standard InChI is InChI=1S/C11H18N4/c1-8-2-4-15(5-3-8)11-6-9(12)10(13)7-14-11/h6-8H,2-5,13H2,1H3,(H2,12,14). The molecule has 0 saturated carbocycles. The molecule has 0 aromatic carbocycles. The highest BCUT2D eigenvalue weighted by Crippen LogP contribution is 2.24. The zero-order valence-electron chi connectivity index (χ0n) is 9.11. The van der Waals surface area contributed by atoms with Gasteiger partial charge in [-0.05, 0) is 18.8 Å². The van der Waals surface area contributed by atoms with Crippen LogP contribution in [0.1, 0.15) is 19.8 Å². The third-order valence-electron chi connectivity index (χ3n) is 3.06. The number of pyridine rings is 1. The predicted octanol–water partition coefficient (Wildman–Crippen LogP) is 1.48. The Bertz CT molecular complexity index is 342. The third kappa shape index (κ3) is 2.14.